The molecule has 4 nitrogen and oxygen atoms in total. The molecule has 2 amide bonds. The van der Waals surface area contributed by atoms with Gasteiger partial charge < -0.3 is 5.32 Å². The van der Waals surface area contributed by atoms with E-state index in [2.05, 4.69) is 5.32 Å². The average molecular weight is 483 g/mol. The van der Waals surface area contributed by atoms with Crippen molar-refractivity contribution in [3.05, 3.63) is 108 Å². The lowest BCUT2D eigenvalue weighted by molar-refractivity contribution is -0.115. The van der Waals surface area contributed by atoms with Gasteiger partial charge in [-0.1, -0.05) is 60.3 Å². The van der Waals surface area contributed by atoms with Crippen LogP contribution in [0.25, 0.3) is 0 Å². The Hall–Kier alpha value is -3.48. The van der Waals surface area contributed by atoms with Crippen molar-refractivity contribution < 1.29 is 9.59 Å². The van der Waals surface area contributed by atoms with Crippen LogP contribution in [0.5, 0.6) is 0 Å². The summed E-state index contributed by atoms with van der Waals surface area (Å²) in [5, 5.41) is 2.97. The maximum atomic E-state index is 13.4. The second-order valence-electron chi connectivity index (χ2n) is 7.85. The molecule has 1 heterocycles. The van der Waals surface area contributed by atoms with E-state index in [4.69, 9.17) is 0 Å². The largest absolute Gasteiger partial charge is 0.322 e. The number of para-hydroxylation sites is 2. The summed E-state index contributed by atoms with van der Waals surface area (Å²) in [6, 6.07) is 31.1. The van der Waals surface area contributed by atoms with E-state index in [1.807, 2.05) is 109 Å². The van der Waals surface area contributed by atoms with Gasteiger partial charge in [-0.15, -0.1) is 11.8 Å². The van der Waals surface area contributed by atoms with Crippen LogP contribution in [-0.2, 0) is 4.79 Å². The number of amides is 2. The normalized spacial score (nSPS) is 12.0. The van der Waals surface area contributed by atoms with Crippen molar-refractivity contribution in [2.24, 2.45) is 0 Å². The fraction of sp³-hybridized carbons (Fsp3) is 0.0714. The van der Waals surface area contributed by atoms with Gasteiger partial charge in [0.15, 0.2) is 0 Å². The molecule has 34 heavy (non-hydrogen) atoms. The Labute approximate surface area is 207 Å². The molecule has 4 aromatic rings. The first kappa shape index (κ1) is 22.3. The summed E-state index contributed by atoms with van der Waals surface area (Å²) in [6.45, 7) is 1.92. The zero-order valence-corrected chi connectivity index (χ0v) is 20.2. The van der Waals surface area contributed by atoms with Gasteiger partial charge in [0.1, 0.15) is 0 Å². The van der Waals surface area contributed by atoms with Crippen molar-refractivity contribution in [2.45, 2.75) is 21.6 Å². The molecule has 1 aliphatic rings. The number of fused-ring (bicyclic) bond motifs is 2. The van der Waals surface area contributed by atoms with E-state index in [0.29, 0.717) is 11.3 Å². The van der Waals surface area contributed by atoms with Gasteiger partial charge in [-0.2, -0.15) is 0 Å². The predicted octanol–water partition coefficient (Wildman–Crippen LogP) is 7.17. The third-order valence-corrected chi connectivity index (χ3v) is 7.63. The Kier molecular flexibility index (Phi) is 6.43. The van der Waals surface area contributed by atoms with Crippen LogP contribution in [0.15, 0.2) is 112 Å². The van der Waals surface area contributed by atoms with Gasteiger partial charge in [-0.3, -0.25) is 14.5 Å². The van der Waals surface area contributed by atoms with E-state index in [1.165, 1.54) is 11.8 Å². The van der Waals surface area contributed by atoms with Crippen molar-refractivity contribution in [3.8, 4) is 0 Å². The van der Waals surface area contributed by atoms with Crippen LogP contribution in [0, 0.1) is 6.92 Å². The van der Waals surface area contributed by atoms with Crippen molar-refractivity contribution in [1.82, 2.24) is 0 Å². The number of nitrogens with zero attached hydrogens (tertiary/aromatic N) is 1. The molecule has 5 rings (SSSR count). The van der Waals surface area contributed by atoms with Gasteiger partial charge in [0.25, 0.3) is 5.91 Å². The molecule has 0 aliphatic carbocycles. The van der Waals surface area contributed by atoms with Gasteiger partial charge in [0, 0.05) is 25.9 Å². The van der Waals surface area contributed by atoms with Crippen molar-refractivity contribution in [2.75, 3.05) is 16.0 Å². The molecule has 0 unspecified atom stereocenters. The molecule has 0 aromatic heterocycles. The van der Waals surface area contributed by atoms with Gasteiger partial charge in [-0.05, 0) is 61.0 Å². The molecule has 0 atom stereocenters. The zero-order chi connectivity index (χ0) is 23.5. The Morgan fingerprint density at radius 2 is 1.47 bits per heavy atom. The lowest BCUT2D eigenvalue weighted by Crippen LogP contribution is -2.29. The van der Waals surface area contributed by atoms with Crippen molar-refractivity contribution in [3.63, 3.8) is 0 Å². The molecule has 4 aromatic carbocycles. The summed E-state index contributed by atoms with van der Waals surface area (Å²) in [4.78, 5) is 31.0. The third-order valence-electron chi connectivity index (χ3n) is 5.53. The Morgan fingerprint density at radius 3 is 2.18 bits per heavy atom. The molecular weight excluding hydrogens is 460 g/mol. The van der Waals surface area contributed by atoms with Gasteiger partial charge >= 0.3 is 0 Å². The summed E-state index contributed by atoms with van der Waals surface area (Å²) in [5.41, 5.74) is 4.11. The van der Waals surface area contributed by atoms with Crippen LogP contribution < -0.4 is 10.2 Å². The smallest absolute Gasteiger partial charge is 0.255 e. The first-order valence-corrected chi connectivity index (χ1v) is 12.7. The fourth-order valence-electron chi connectivity index (χ4n) is 3.87. The molecule has 0 fully saturated rings. The highest BCUT2D eigenvalue weighted by Crippen LogP contribution is 2.48. The number of nitrogens with one attached hydrogen (secondary N) is 1. The van der Waals surface area contributed by atoms with Gasteiger partial charge in [0.05, 0.1) is 17.1 Å². The number of carbonyl (C=O) groups excluding carboxylic acids is 2. The van der Waals surface area contributed by atoms with Gasteiger partial charge in [-0.25, -0.2) is 0 Å². The lowest BCUT2D eigenvalue weighted by atomic mass is 10.1. The Morgan fingerprint density at radius 1 is 0.824 bits per heavy atom. The molecule has 6 heteroatoms. The molecule has 1 N–H and O–H groups in total. The van der Waals surface area contributed by atoms with E-state index in [9.17, 15) is 9.59 Å². The number of hydrogen-bond acceptors (Lipinski definition) is 4. The first-order chi connectivity index (χ1) is 16.6. The number of benzene rings is 4. The molecule has 0 saturated carbocycles. The number of thioether (sulfide) groups is 1. The zero-order valence-electron chi connectivity index (χ0n) is 18.5. The first-order valence-electron chi connectivity index (χ1n) is 10.9. The summed E-state index contributed by atoms with van der Waals surface area (Å²) >= 11 is 3.15. The number of anilines is 3. The van der Waals surface area contributed by atoms with Gasteiger partial charge in [0.2, 0.25) is 5.91 Å². The van der Waals surface area contributed by atoms with Crippen LogP contribution in [-0.4, -0.2) is 17.6 Å². The predicted molar refractivity (Wildman–Crippen MR) is 140 cm³/mol. The van der Waals surface area contributed by atoms with E-state index in [0.717, 1.165) is 31.6 Å². The number of hydrogen-bond donors (Lipinski definition) is 1. The average Bonchev–Trinajstić information content (AvgIpc) is 2.86. The molecule has 0 radical (unpaired) electrons. The highest BCUT2D eigenvalue weighted by atomic mass is 32.2. The minimum absolute atomic E-state index is 0.0135. The third kappa shape index (κ3) is 4.60. The maximum absolute atomic E-state index is 13.4. The number of carbonyl (C=O) groups is 2. The summed E-state index contributed by atoms with van der Waals surface area (Å²) in [6.07, 6.45) is 0. The molecular formula is C28H22N2O2S2. The molecule has 0 saturated heterocycles. The number of rotatable bonds is 5. The fourth-order valence-corrected chi connectivity index (χ4v) is 5.73. The molecule has 168 valence electrons. The van der Waals surface area contributed by atoms with Crippen LogP contribution in [0.1, 0.15) is 15.9 Å². The Balaban J connectivity index is 1.31. The van der Waals surface area contributed by atoms with Crippen LogP contribution in [0.4, 0.5) is 17.1 Å². The second kappa shape index (κ2) is 9.79. The summed E-state index contributed by atoms with van der Waals surface area (Å²) in [5.74, 6) is 0.151. The van der Waals surface area contributed by atoms with E-state index in [-0.39, 0.29) is 17.6 Å². The molecule has 0 bridgehead atoms. The maximum Gasteiger partial charge on any atom is 0.255 e. The summed E-state index contributed by atoms with van der Waals surface area (Å²) in [7, 11) is 0. The minimum Gasteiger partial charge on any atom is -0.322 e. The minimum atomic E-state index is -0.143. The van der Waals surface area contributed by atoms with E-state index >= 15 is 0 Å². The quantitative estimate of drug-likeness (QED) is 0.306. The van der Waals surface area contributed by atoms with E-state index in [1.54, 1.807) is 11.8 Å². The topological polar surface area (TPSA) is 49.4 Å². The summed E-state index contributed by atoms with van der Waals surface area (Å²) < 4.78 is 0. The standard InChI is InChI=1S/C28H22N2O2S2/c1-19-9-2-3-12-22(19)28(32)29-20-10-8-11-21(17-20)33-18-27(31)30-23-13-4-6-15-25(23)34-26-16-7-5-14-24(26)30/h2-17H,18H2,1H3,(H,29,32). The van der Waals surface area contributed by atoms with Crippen molar-refractivity contribution in [1.29, 1.82) is 0 Å². The van der Waals surface area contributed by atoms with Crippen LogP contribution in [0.3, 0.4) is 0 Å². The van der Waals surface area contributed by atoms with Crippen LogP contribution >= 0.6 is 23.5 Å². The van der Waals surface area contributed by atoms with E-state index < -0.39 is 0 Å². The molecule has 1 aliphatic heterocycles. The second-order valence-corrected chi connectivity index (χ2v) is 9.98. The highest BCUT2D eigenvalue weighted by Gasteiger charge is 2.27. The Bertz CT molecular complexity index is 1340. The monoisotopic (exact) mass is 482 g/mol. The van der Waals surface area contributed by atoms with Crippen molar-refractivity contribution >= 4 is 52.4 Å². The lowest BCUT2D eigenvalue weighted by Gasteiger charge is -2.31. The SMILES string of the molecule is Cc1ccccc1C(=O)Nc1cccc(SCC(=O)N2c3ccccc3Sc3ccccc32)c1. The van der Waals surface area contributed by atoms with Crippen LogP contribution in [0.2, 0.25) is 0 Å². The molecule has 0 spiro atoms. The highest BCUT2D eigenvalue weighted by molar-refractivity contribution is 8.00. The number of aryl methyl sites for hydroxylation is 1.